The number of alkyl carbamates (subject to hydrolysis) is 1. The van der Waals surface area contributed by atoms with Crippen LogP contribution in [0.3, 0.4) is 0 Å². The van der Waals surface area contributed by atoms with Crippen LogP contribution in [-0.2, 0) is 14.2 Å². The lowest BCUT2D eigenvalue weighted by Gasteiger charge is -2.28. The Labute approximate surface area is 158 Å². The minimum Gasteiger partial charge on any atom is -0.444 e. The van der Waals surface area contributed by atoms with Gasteiger partial charge in [-0.15, -0.1) is 0 Å². The lowest BCUT2D eigenvalue weighted by atomic mass is 10.2. The lowest BCUT2D eigenvalue weighted by Crippen LogP contribution is -2.41. The van der Waals surface area contributed by atoms with E-state index in [4.69, 9.17) is 19.3 Å². The number of carbonyl (C=O) groups excluding carboxylic acids is 2. The van der Waals surface area contributed by atoms with Crippen LogP contribution in [0.1, 0.15) is 55.4 Å². The molecule has 8 heteroatoms. The molecule has 0 bridgehead atoms. The zero-order valence-corrected chi connectivity index (χ0v) is 18.0. The van der Waals surface area contributed by atoms with Crippen LogP contribution in [-0.4, -0.2) is 72.8 Å². The molecule has 0 fully saturated rings. The standard InChI is InChI=1S/C10H21NO3.C8H17NO3/c1-8(7-13-6)11(5)9(12)14-10(2,3)4;1-6(5-10)9-7(11)12-8(2,3)4/h8H,7H2,1-6H3;6,10H,5H2,1-4H3,(H,9,11)/t8-;6-/m00/s1. The predicted octanol–water partition coefficient (Wildman–Crippen LogP) is 2.78. The van der Waals surface area contributed by atoms with Crippen LogP contribution in [0.5, 0.6) is 0 Å². The van der Waals surface area contributed by atoms with Gasteiger partial charge in [0.15, 0.2) is 0 Å². The van der Waals surface area contributed by atoms with Crippen molar-refractivity contribution in [1.29, 1.82) is 0 Å². The van der Waals surface area contributed by atoms with E-state index >= 15 is 0 Å². The summed E-state index contributed by atoms with van der Waals surface area (Å²) in [4.78, 5) is 24.0. The van der Waals surface area contributed by atoms with Crippen LogP contribution in [0.15, 0.2) is 0 Å². The molecule has 156 valence electrons. The first-order chi connectivity index (χ1) is 11.6. The summed E-state index contributed by atoms with van der Waals surface area (Å²) in [5.41, 5.74) is -0.933. The Bertz CT molecular complexity index is 415. The molecule has 0 spiro atoms. The second-order valence-electron chi connectivity index (χ2n) is 8.13. The number of amides is 2. The van der Waals surface area contributed by atoms with E-state index in [-0.39, 0.29) is 24.8 Å². The maximum Gasteiger partial charge on any atom is 0.410 e. The first kappa shape index (κ1) is 26.7. The quantitative estimate of drug-likeness (QED) is 0.763. The Balaban J connectivity index is 0. The Hall–Kier alpha value is -1.54. The highest BCUT2D eigenvalue weighted by Crippen LogP contribution is 2.10. The van der Waals surface area contributed by atoms with E-state index < -0.39 is 17.3 Å². The molecule has 0 radical (unpaired) electrons. The Morgan fingerprint density at radius 3 is 1.85 bits per heavy atom. The molecule has 0 heterocycles. The molecule has 0 saturated heterocycles. The molecule has 0 aliphatic carbocycles. The van der Waals surface area contributed by atoms with Crippen molar-refractivity contribution >= 4 is 12.2 Å². The van der Waals surface area contributed by atoms with Gasteiger partial charge < -0.3 is 29.5 Å². The highest BCUT2D eigenvalue weighted by Gasteiger charge is 2.22. The lowest BCUT2D eigenvalue weighted by molar-refractivity contribution is 0.0154. The van der Waals surface area contributed by atoms with Gasteiger partial charge in [0.1, 0.15) is 11.2 Å². The van der Waals surface area contributed by atoms with Crippen LogP contribution in [0.25, 0.3) is 0 Å². The number of rotatable bonds is 5. The van der Waals surface area contributed by atoms with E-state index in [1.807, 2.05) is 27.7 Å². The fourth-order valence-corrected chi connectivity index (χ4v) is 1.42. The molecule has 2 amide bonds. The third-order valence-corrected chi connectivity index (χ3v) is 2.79. The van der Waals surface area contributed by atoms with Gasteiger partial charge >= 0.3 is 12.2 Å². The SMILES string of the molecule is COC[C@H](C)N(C)C(=O)OC(C)(C)C.C[C@@H](CO)NC(=O)OC(C)(C)C. The molecule has 0 aromatic heterocycles. The first-order valence-electron chi connectivity index (χ1n) is 8.68. The Morgan fingerprint density at radius 1 is 1.04 bits per heavy atom. The summed E-state index contributed by atoms with van der Waals surface area (Å²) in [6.07, 6.45) is -0.814. The summed E-state index contributed by atoms with van der Waals surface area (Å²) in [5.74, 6) is 0. The van der Waals surface area contributed by atoms with Gasteiger partial charge in [0.05, 0.1) is 25.3 Å². The number of hydrogen-bond donors (Lipinski definition) is 2. The van der Waals surface area contributed by atoms with E-state index in [2.05, 4.69) is 5.32 Å². The summed E-state index contributed by atoms with van der Waals surface area (Å²) in [5, 5.41) is 11.1. The van der Waals surface area contributed by atoms with Crippen LogP contribution in [0.4, 0.5) is 9.59 Å². The maximum absolute atomic E-state index is 11.5. The van der Waals surface area contributed by atoms with Crippen molar-refractivity contribution in [1.82, 2.24) is 10.2 Å². The monoisotopic (exact) mass is 378 g/mol. The van der Waals surface area contributed by atoms with E-state index in [1.54, 1.807) is 41.9 Å². The number of methoxy groups -OCH3 is 1. The van der Waals surface area contributed by atoms with Crippen molar-refractivity contribution in [3.05, 3.63) is 0 Å². The topological polar surface area (TPSA) is 97.3 Å². The van der Waals surface area contributed by atoms with Gasteiger partial charge in [0, 0.05) is 14.2 Å². The summed E-state index contributed by atoms with van der Waals surface area (Å²) >= 11 is 0. The van der Waals surface area contributed by atoms with Gasteiger partial charge in [-0.2, -0.15) is 0 Å². The number of aliphatic hydroxyl groups excluding tert-OH is 1. The molecule has 0 rings (SSSR count). The van der Waals surface area contributed by atoms with E-state index in [0.29, 0.717) is 6.61 Å². The van der Waals surface area contributed by atoms with Gasteiger partial charge in [-0.1, -0.05) is 0 Å². The van der Waals surface area contributed by atoms with Crippen LogP contribution in [0.2, 0.25) is 0 Å². The third kappa shape index (κ3) is 16.0. The summed E-state index contributed by atoms with van der Waals surface area (Å²) in [6, 6.07) is -0.241. The molecule has 2 atom stereocenters. The van der Waals surface area contributed by atoms with Crippen molar-refractivity contribution in [3.8, 4) is 0 Å². The average molecular weight is 379 g/mol. The predicted molar refractivity (Wildman–Crippen MR) is 101 cm³/mol. The summed E-state index contributed by atoms with van der Waals surface area (Å²) in [6.45, 7) is 14.9. The fourth-order valence-electron chi connectivity index (χ4n) is 1.42. The molecule has 26 heavy (non-hydrogen) atoms. The summed E-state index contributed by atoms with van der Waals surface area (Å²) < 4.78 is 15.1. The van der Waals surface area contributed by atoms with Crippen molar-refractivity contribution in [2.75, 3.05) is 27.4 Å². The smallest absolute Gasteiger partial charge is 0.410 e. The van der Waals surface area contributed by atoms with Crippen molar-refractivity contribution in [2.45, 2.75) is 78.7 Å². The highest BCUT2D eigenvalue weighted by molar-refractivity contribution is 5.68. The molecule has 0 unspecified atom stereocenters. The normalized spacial score (nSPS) is 13.7. The number of nitrogens with zero attached hydrogens (tertiary/aromatic N) is 1. The molecule has 0 aliphatic heterocycles. The highest BCUT2D eigenvalue weighted by atomic mass is 16.6. The molecule has 0 aliphatic rings. The van der Waals surface area contributed by atoms with Crippen molar-refractivity contribution < 1.29 is 28.9 Å². The number of ether oxygens (including phenoxy) is 3. The minimum atomic E-state index is -0.496. The molecular weight excluding hydrogens is 340 g/mol. The summed E-state index contributed by atoms with van der Waals surface area (Å²) in [7, 11) is 3.32. The largest absolute Gasteiger partial charge is 0.444 e. The average Bonchev–Trinajstić information content (AvgIpc) is 2.43. The van der Waals surface area contributed by atoms with E-state index in [1.165, 1.54) is 4.90 Å². The molecule has 0 aromatic rings. The fraction of sp³-hybridized carbons (Fsp3) is 0.889. The van der Waals surface area contributed by atoms with Gasteiger partial charge in [0.25, 0.3) is 0 Å². The number of likely N-dealkylation sites (N-methyl/N-ethyl adjacent to an activating group) is 1. The van der Waals surface area contributed by atoms with E-state index in [0.717, 1.165) is 0 Å². The maximum atomic E-state index is 11.5. The molecule has 8 nitrogen and oxygen atoms in total. The zero-order valence-electron chi connectivity index (χ0n) is 18.0. The second-order valence-corrected chi connectivity index (χ2v) is 8.13. The van der Waals surface area contributed by atoms with E-state index in [9.17, 15) is 9.59 Å². The number of hydrogen-bond acceptors (Lipinski definition) is 6. The third-order valence-electron chi connectivity index (χ3n) is 2.79. The molecule has 0 aromatic carbocycles. The molecule has 2 N–H and O–H groups in total. The van der Waals surface area contributed by atoms with Gasteiger partial charge in [0.2, 0.25) is 0 Å². The van der Waals surface area contributed by atoms with Gasteiger partial charge in [-0.3, -0.25) is 0 Å². The second kappa shape index (κ2) is 12.0. The number of carbonyl (C=O) groups is 2. The minimum absolute atomic E-state index is 0.0230. The van der Waals surface area contributed by atoms with Crippen LogP contribution >= 0.6 is 0 Å². The zero-order chi connectivity index (χ0) is 21.1. The van der Waals surface area contributed by atoms with Gasteiger partial charge in [-0.05, 0) is 55.4 Å². The van der Waals surface area contributed by atoms with Crippen molar-refractivity contribution in [3.63, 3.8) is 0 Å². The molecule has 0 saturated carbocycles. The Kier molecular flexibility index (Phi) is 12.3. The molecular formula is C18H38N2O6. The van der Waals surface area contributed by atoms with Crippen LogP contribution < -0.4 is 5.32 Å². The van der Waals surface area contributed by atoms with Gasteiger partial charge in [-0.25, -0.2) is 9.59 Å². The number of nitrogens with one attached hydrogen (secondary N) is 1. The number of aliphatic hydroxyl groups is 1. The first-order valence-corrected chi connectivity index (χ1v) is 8.68. The Morgan fingerprint density at radius 2 is 1.50 bits per heavy atom. The van der Waals surface area contributed by atoms with Crippen molar-refractivity contribution in [2.24, 2.45) is 0 Å². The van der Waals surface area contributed by atoms with Crippen LogP contribution in [0, 0.1) is 0 Å².